The van der Waals surface area contributed by atoms with E-state index in [-0.39, 0.29) is 24.3 Å². The first kappa shape index (κ1) is 16.5. The van der Waals surface area contributed by atoms with Crippen LogP contribution in [0.15, 0.2) is 30.3 Å². The zero-order chi connectivity index (χ0) is 15.9. The van der Waals surface area contributed by atoms with E-state index in [2.05, 4.69) is 12.1 Å². The highest BCUT2D eigenvalue weighted by atomic mass is 16.4. The summed E-state index contributed by atoms with van der Waals surface area (Å²) in [6.45, 7) is 1.20. The van der Waals surface area contributed by atoms with Crippen molar-refractivity contribution in [3.05, 3.63) is 35.9 Å². The summed E-state index contributed by atoms with van der Waals surface area (Å²) in [7, 11) is 0. The Balaban J connectivity index is 1.91. The molecule has 1 heterocycles. The van der Waals surface area contributed by atoms with E-state index in [0.29, 0.717) is 19.5 Å². The van der Waals surface area contributed by atoms with E-state index >= 15 is 0 Å². The monoisotopic (exact) mass is 304 g/mol. The lowest BCUT2D eigenvalue weighted by atomic mass is 10.00. The highest BCUT2D eigenvalue weighted by Crippen LogP contribution is 2.29. The normalized spacial score (nSPS) is 21.3. The smallest absolute Gasteiger partial charge is 0.304 e. The van der Waals surface area contributed by atoms with Gasteiger partial charge in [0.05, 0.1) is 12.3 Å². The molecule has 5 nitrogen and oxygen atoms in total. The fourth-order valence-electron chi connectivity index (χ4n) is 3.21. The van der Waals surface area contributed by atoms with Gasteiger partial charge in [-0.15, -0.1) is 0 Å². The van der Waals surface area contributed by atoms with Crippen LogP contribution in [0.2, 0.25) is 0 Å². The minimum Gasteiger partial charge on any atom is -0.481 e. The molecule has 1 fully saturated rings. The Labute approximate surface area is 131 Å². The van der Waals surface area contributed by atoms with Gasteiger partial charge in [-0.1, -0.05) is 30.3 Å². The molecule has 5 heteroatoms. The van der Waals surface area contributed by atoms with Gasteiger partial charge in [0.2, 0.25) is 5.91 Å². The van der Waals surface area contributed by atoms with Crippen LogP contribution in [0.3, 0.4) is 0 Å². The van der Waals surface area contributed by atoms with Crippen LogP contribution in [0.25, 0.3) is 0 Å². The largest absolute Gasteiger partial charge is 0.481 e. The number of nitrogens with two attached hydrogens (primary N) is 1. The molecular weight excluding hydrogens is 280 g/mol. The van der Waals surface area contributed by atoms with Crippen LogP contribution in [0, 0.1) is 5.92 Å². The highest BCUT2D eigenvalue weighted by molar-refractivity contribution is 5.85. The third-order valence-electron chi connectivity index (χ3n) is 4.26. The predicted molar refractivity (Wildman–Crippen MR) is 84.3 cm³/mol. The van der Waals surface area contributed by atoms with E-state index in [4.69, 9.17) is 10.8 Å². The molecule has 22 heavy (non-hydrogen) atoms. The maximum absolute atomic E-state index is 12.4. The van der Waals surface area contributed by atoms with Crippen molar-refractivity contribution in [3.8, 4) is 0 Å². The molecule has 2 rings (SSSR count). The first-order valence-corrected chi connectivity index (χ1v) is 7.88. The molecule has 1 aromatic carbocycles. The van der Waals surface area contributed by atoms with E-state index in [1.807, 2.05) is 23.1 Å². The number of hydrogen-bond acceptors (Lipinski definition) is 3. The van der Waals surface area contributed by atoms with Crippen molar-refractivity contribution in [2.75, 3.05) is 13.1 Å². The summed E-state index contributed by atoms with van der Waals surface area (Å²) in [6, 6.07) is 10.3. The van der Waals surface area contributed by atoms with Crippen molar-refractivity contribution in [2.24, 2.45) is 11.7 Å². The molecule has 0 saturated carbocycles. The number of carboxylic acid groups (broad SMARTS) is 1. The van der Waals surface area contributed by atoms with Crippen molar-refractivity contribution in [1.82, 2.24) is 4.90 Å². The van der Waals surface area contributed by atoms with Gasteiger partial charge >= 0.3 is 5.97 Å². The number of benzene rings is 1. The number of aryl methyl sites for hydroxylation is 1. The Morgan fingerprint density at radius 1 is 1.32 bits per heavy atom. The van der Waals surface area contributed by atoms with Crippen LogP contribution in [-0.4, -0.2) is 41.0 Å². The van der Waals surface area contributed by atoms with Crippen LogP contribution in [-0.2, 0) is 16.0 Å². The lowest BCUT2D eigenvalue weighted by Gasteiger charge is -2.24. The van der Waals surface area contributed by atoms with Crippen molar-refractivity contribution in [2.45, 2.75) is 38.1 Å². The second-order valence-corrected chi connectivity index (χ2v) is 5.88. The molecule has 120 valence electrons. The Morgan fingerprint density at radius 2 is 2.05 bits per heavy atom. The summed E-state index contributed by atoms with van der Waals surface area (Å²) in [4.78, 5) is 25.1. The number of amides is 1. The van der Waals surface area contributed by atoms with Crippen LogP contribution in [0.4, 0.5) is 0 Å². The van der Waals surface area contributed by atoms with Crippen LogP contribution in [0.1, 0.15) is 31.2 Å². The molecule has 0 aromatic heterocycles. The number of aliphatic carboxylic acids is 1. The topological polar surface area (TPSA) is 83.6 Å². The summed E-state index contributed by atoms with van der Waals surface area (Å²) in [6.07, 6.45) is 3.09. The number of nitrogens with zero attached hydrogens (tertiary/aromatic N) is 1. The number of likely N-dealkylation sites (tertiary alicyclic amines) is 1. The number of carboxylic acids is 1. The Kier molecular flexibility index (Phi) is 5.95. The average Bonchev–Trinajstić information content (AvgIpc) is 2.77. The van der Waals surface area contributed by atoms with Gasteiger partial charge in [0.15, 0.2) is 0 Å². The highest BCUT2D eigenvalue weighted by Gasteiger charge is 2.39. The molecule has 0 radical (unpaired) electrons. The SMILES string of the molecule is NCC[C@@H]1C[C@@H](CC(=O)O)C(=O)N1CCCc1ccccc1. The quantitative estimate of drug-likeness (QED) is 0.765. The molecule has 1 aliphatic rings. The fraction of sp³-hybridized carbons (Fsp3) is 0.529. The second-order valence-electron chi connectivity index (χ2n) is 5.88. The number of carbonyl (C=O) groups is 2. The third-order valence-corrected chi connectivity index (χ3v) is 4.26. The van der Waals surface area contributed by atoms with Crippen LogP contribution < -0.4 is 5.73 Å². The maximum Gasteiger partial charge on any atom is 0.304 e. The molecule has 1 saturated heterocycles. The van der Waals surface area contributed by atoms with Crippen LogP contribution in [0.5, 0.6) is 0 Å². The van der Waals surface area contributed by atoms with Gasteiger partial charge in [0.25, 0.3) is 0 Å². The van der Waals surface area contributed by atoms with E-state index in [1.165, 1.54) is 5.56 Å². The molecule has 0 aliphatic carbocycles. The molecule has 3 N–H and O–H groups in total. The summed E-state index contributed by atoms with van der Waals surface area (Å²) >= 11 is 0. The molecule has 1 aliphatic heterocycles. The summed E-state index contributed by atoms with van der Waals surface area (Å²) in [5, 5.41) is 8.92. The minimum absolute atomic E-state index is 0.0195. The summed E-state index contributed by atoms with van der Waals surface area (Å²) < 4.78 is 0. The zero-order valence-electron chi connectivity index (χ0n) is 12.8. The summed E-state index contributed by atoms with van der Waals surface area (Å²) in [5.41, 5.74) is 6.88. The first-order chi connectivity index (χ1) is 10.6. The Morgan fingerprint density at radius 3 is 2.68 bits per heavy atom. The third kappa shape index (κ3) is 4.31. The molecule has 0 unspecified atom stereocenters. The molecule has 1 aromatic rings. The lowest BCUT2D eigenvalue weighted by molar-refractivity contribution is -0.142. The molecule has 0 spiro atoms. The molecular formula is C17H24N2O3. The van der Waals surface area contributed by atoms with E-state index in [0.717, 1.165) is 19.3 Å². The maximum atomic E-state index is 12.4. The minimum atomic E-state index is -0.906. The second kappa shape index (κ2) is 7.94. The predicted octanol–water partition coefficient (Wildman–Crippen LogP) is 1.66. The standard InChI is InChI=1S/C17H24N2O3/c18-9-8-15-11-14(12-16(20)21)17(22)19(15)10-4-7-13-5-2-1-3-6-13/h1-3,5-6,14-15H,4,7-12,18H2,(H,20,21)/t14-,15+/m0/s1. The van der Waals surface area contributed by atoms with Gasteiger partial charge in [-0.3, -0.25) is 9.59 Å². The van der Waals surface area contributed by atoms with Gasteiger partial charge in [0.1, 0.15) is 0 Å². The molecule has 0 bridgehead atoms. The van der Waals surface area contributed by atoms with E-state index in [9.17, 15) is 9.59 Å². The van der Waals surface area contributed by atoms with Gasteiger partial charge in [0, 0.05) is 12.6 Å². The number of rotatable bonds is 8. The van der Waals surface area contributed by atoms with Gasteiger partial charge in [-0.25, -0.2) is 0 Å². The first-order valence-electron chi connectivity index (χ1n) is 7.88. The van der Waals surface area contributed by atoms with Gasteiger partial charge in [-0.05, 0) is 37.8 Å². The lowest BCUT2D eigenvalue weighted by Crippen LogP contribution is -2.36. The molecule has 2 atom stereocenters. The Hall–Kier alpha value is -1.88. The van der Waals surface area contributed by atoms with Crippen molar-refractivity contribution in [1.29, 1.82) is 0 Å². The number of hydrogen-bond donors (Lipinski definition) is 2. The molecule has 1 amide bonds. The van der Waals surface area contributed by atoms with Crippen molar-refractivity contribution < 1.29 is 14.7 Å². The Bertz CT molecular complexity index is 504. The van der Waals surface area contributed by atoms with Crippen LogP contribution >= 0.6 is 0 Å². The van der Waals surface area contributed by atoms with E-state index in [1.54, 1.807) is 0 Å². The summed E-state index contributed by atoms with van der Waals surface area (Å²) in [5.74, 6) is -1.31. The zero-order valence-corrected chi connectivity index (χ0v) is 12.8. The van der Waals surface area contributed by atoms with Gasteiger partial charge in [-0.2, -0.15) is 0 Å². The number of carbonyl (C=O) groups excluding carboxylic acids is 1. The van der Waals surface area contributed by atoms with Crippen molar-refractivity contribution in [3.63, 3.8) is 0 Å². The van der Waals surface area contributed by atoms with Crippen molar-refractivity contribution >= 4 is 11.9 Å². The van der Waals surface area contributed by atoms with E-state index < -0.39 is 5.97 Å². The average molecular weight is 304 g/mol. The van der Waals surface area contributed by atoms with Gasteiger partial charge < -0.3 is 15.7 Å². The fourth-order valence-corrected chi connectivity index (χ4v) is 3.21.